The first-order valence-corrected chi connectivity index (χ1v) is 15.6. The summed E-state index contributed by atoms with van der Waals surface area (Å²) in [7, 11) is 1.85. The van der Waals surface area contributed by atoms with Crippen molar-refractivity contribution in [3.8, 4) is 0 Å². The first kappa shape index (κ1) is 36.3. The van der Waals surface area contributed by atoms with E-state index >= 15 is 0 Å². The lowest BCUT2D eigenvalue weighted by Crippen LogP contribution is -2.52. The maximum absolute atomic E-state index is 13.1. The van der Waals surface area contributed by atoms with Crippen LogP contribution in [0.1, 0.15) is 53.6 Å². The zero-order chi connectivity index (χ0) is 33.7. The molecule has 1 heterocycles. The summed E-state index contributed by atoms with van der Waals surface area (Å²) in [4.78, 5) is 48.5. The Morgan fingerprint density at radius 1 is 0.891 bits per heavy atom. The van der Waals surface area contributed by atoms with Gasteiger partial charge in [-0.1, -0.05) is 77.8 Å². The maximum atomic E-state index is 13.1. The topological polar surface area (TPSA) is 127 Å². The molecule has 1 atom stereocenters. The summed E-state index contributed by atoms with van der Waals surface area (Å²) in [5.74, 6) is -2.43. The lowest BCUT2D eigenvalue weighted by Gasteiger charge is -2.43. The fourth-order valence-electron chi connectivity index (χ4n) is 5.56. The molecule has 0 aliphatic carbocycles. The minimum absolute atomic E-state index is 0.00316. The van der Waals surface area contributed by atoms with Gasteiger partial charge in [0.25, 0.3) is 5.91 Å². The van der Waals surface area contributed by atoms with Gasteiger partial charge in [0.2, 0.25) is 5.91 Å². The van der Waals surface area contributed by atoms with Crippen LogP contribution in [-0.4, -0.2) is 77.0 Å². The number of rotatable bonds is 11. The van der Waals surface area contributed by atoms with E-state index in [2.05, 4.69) is 22.3 Å². The fourth-order valence-corrected chi connectivity index (χ4v) is 5.87. The number of carboxylic acids is 2. The van der Waals surface area contributed by atoms with Crippen LogP contribution in [0.15, 0.2) is 91.0 Å². The predicted molar refractivity (Wildman–Crippen MR) is 179 cm³/mol. The third kappa shape index (κ3) is 11.0. The number of piperidine rings is 1. The number of hydrogen-bond donors (Lipinski definition) is 3. The van der Waals surface area contributed by atoms with Crippen LogP contribution in [-0.2, 0) is 19.9 Å². The molecule has 2 amide bonds. The van der Waals surface area contributed by atoms with Gasteiger partial charge >= 0.3 is 11.9 Å². The lowest BCUT2D eigenvalue weighted by atomic mass is 9.80. The minimum Gasteiger partial charge on any atom is -0.478 e. The van der Waals surface area contributed by atoms with E-state index in [4.69, 9.17) is 33.4 Å². The molecule has 1 aliphatic heterocycles. The second-order valence-corrected chi connectivity index (χ2v) is 12.0. The number of carboxylic acid groups (broad SMARTS) is 2. The summed E-state index contributed by atoms with van der Waals surface area (Å²) in [6.45, 7) is 4.79. The summed E-state index contributed by atoms with van der Waals surface area (Å²) in [5.41, 5.74) is 2.56. The normalized spacial score (nSPS) is 14.9. The maximum Gasteiger partial charge on any atom is 0.328 e. The molecule has 0 aromatic heterocycles. The summed E-state index contributed by atoms with van der Waals surface area (Å²) in [6, 6.07) is 25.4. The van der Waals surface area contributed by atoms with Gasteiger partial charge in [-0.25, -0.2) is 9.59 Å². The third-order valence-corrected chi connectivity index (χ3v) is 8.63. The average Bonchev–Trinajstić information content (AvgIpc) is 3.04. The molecule has 1 aliphatic rings. The number of nitrogens with one attached hydrogen (secondary N) is 1. The monoisotopic (exact) mass is 667 g/mol. The van der Waals surface area contributed by atoms with Gasteiger partial charge in [-0.3, -0.25) is 9.59 Å². The van der Waals surface area contributed by atoms with Gasteiger partial charge in [0.15, 0.2) is 0 Å². The highest BCUT2D eigenvalue weighted by Gasteiger charge is 2.37. The molecule has 3 aromatic carbocycles. The largest absolute Gasteiger partial charge is 0.478 e. The van der Waals surface area contributed by atoms with Gasteiger partial charge in [0.1, 0.15) is 0 Å². The molecular formula is C35H39Cl2N3O6. The molecule has 46 heavy (non-hydrogen) atoms. The first-order valence-electron chi connectivity index (χ1n) is 14.9. The van der Waals surface area contributed by atoms with Crippen molar-refractivity contribution in [1.29, 1.82) is 0 Å². The predicted octanol–water partition coefficient (Wildman–Crippen LogP) is 6.08. The van der Waals surface area contributed by atoms with Gasteiger partial charge < -0.3 is 25.3 Å². The number of halogens is 2. The van der Waals surface area contributed by atoms with E-state index in [1.807, 2.05) is 73.8 Å². The van der Waals surface area contributed by atoms with Crippen molar-refractivity contribution in [1.82, 2.24) is 15.1 Å². The van der Waals surface area contributed by atoms with Crippen LogP contribution < -0.4 is 5.32 Å². The lowest BCUT2D eigenvalue weighted by molar-refractivity contribution is -0.134. The third-order valence-electron chi connectivity index (χ3n) is 7.89. The van der Waals surface area contributed by atoms with E-state index in [1.165, 1.54) is 0 Å². The number of amides is 2. The SMILES string of the molecule is CC(=O)NC1(c2ccccc2)CCN(CC[C@H](CN(C)C(=O)c2ccccc2)c2ccc(Cl)c(Cl)c2)CC1.O=C(O)C=CC(=O)O. The van der Waals surface area contributed by atoms with Crippen molar-refractivity contribution in [2.75, 3.05) is 33.2 Å². The summed E-state index contributed by atoms with van der Waals surface area (Å²) in [5, 5.41) is 19.9. The Bertz CT molecular complexity index is 1490. The zero-order valence-corrected chi connectivity index (χ0v) is 27.4. The Balaban J connectivity index is 0.000000637. The highest BCUT2D eigenvalue weighted by molar-refractivity contribution is 6.42. The zero-order valence-electron chi connectivity index (χ0n) is 25.9. The Hall–Kier alpha value is -4.18. The Kier molecular flexibility index (Phi) is 13.8. The van der Waals surface area contributed by atoms with E-state index in [1.54, 1.807) is 11.8 Å². The van der Waals surface area contributed by atoms with Crippen LogP contribution in [0.4, 0.5) is 0 Å². The van der Waals surface area contributed by atoms with E-state index in [0.29, 0.717) is 34.3 Å². The van der Waals surface area contributed by atoms with E-state index in [-0.39, 0.29) is 23.3 Å². The number of aliphatic carboxylic acids is 2. The number of hydrogen-bond acceptors (Lipinski definition) is 5. The van der Waals surface area contributed by atoms with E-state index in [0.717, 1.165) is 50.0 Å². The van der Waals surface area contributed by atoms with Crippen LogP contribution in [0, 0.1) is 0 Å². The van der Waals surface area contributed by atoms with Crippen LogP contribution in [0.5, 0.6) is 0 Å². The summed E-state index contributed by atoms with van der Waals surface area (Å²) in [6.07, 6.45) is 3.67. The Morgan fingerprint density at radius 3 is 1.98 bits per heavy atom. The van der Waals surface area contributed by atoms with Crippen LogP contribution in [0.3, 0.4) is 0 Å². The number of benzene rings is 3. The molecule has 1 fully saturated rings. The molecule has 0 spiro atoms. The van der Waals surface area contributed by atoms with Gasteiger partial charge in [-0.05, 0) is 61.2 Å². The molecule has 3 aromatic rings. The van der Waals surface area contributed by atoms with Crippen molar-refractivity contribution >= 4 is 47.0 Å². The molecule has 4 rings (SSSR count). The molecule has 11 heteroatoms. The van der Waals surface area contributed by atoms with Gasteiger partial charge in [-0.2, -0.15) is 0 Å². The highest BCUT2D eigenvalue weighted by atomic mass is 35.5. The molecule has 1 saturated heterocycles. The van der Waals surface area contributed by atoms with Crippen molar-refractivity contribution in [3.63, 3.8) is 0 Å². The number of nitrogens with zero attached hydrogens (tertiary/aromatic N) is 2. The minimum atomic E-state index is -1.26. The second kappa shape index (κ2) is 17.5. The fraction of sp³-hybridized carbons (Fsp3) is 0.314. The first-order chi connectivity index (χ1) is 21.9. The van der Waals surface area contributed by atoms with Crippen molar-refractivity contribution in [2.24, 2.45) is 0 Å². The number of carbonyl (C=O) groups is 4. The van der Waals surface area contributed by atoms with E-state index < -0.39 is 11.9 Å². The van der Waals surface area contributed by atoms with Crippen LogP contribution in [0.25, 0.3) is 0 Å². The second-order valence-electron chi connectivity index (χ2n) is 11.2. The standard InChI is InChI=1S/C31H35Cl2N3O2.C4H4O4/c1-23(37)34-31(27-11-7-4-8-12-27)16-19-36(20-17-31)18-15-26(25-13-14-28(32)29(33)21-25)22-35(2)30(38)24-9-5-3-6-10-24;5-3(6)1-2-4(7)8/h3-14,21,26H,15-20,22H2,1-2H3,(H,34,37);1-2H,(H,5,6)(H,7,8)/t26-;/m1./s1. The summed E-state index contributed by atoms with van der Waals surface area (Å²) < 4.78 is 0. The van der Waals surface area contributed by atoms with Crippen LogP contribution >= 0.6 is 23.2 Å². The van der Waals surface area contributed by atoms with Gasteiger partial charge in [-0.15, -0.1) is 0 Å². The van der Waals surface area contributed by atoms with Crippen molar-refractivity contribution in [3.05, 3.63) is 118 Å². The van der Waals surface area contributed by atoms with Gasteiger partial charge in [0, 0.05) is 57.2 Å². The Morgan fingerprint density at radius 2 is 1.46 bits per heavy atom. The molecule has 0 unspecified atom stereocenters. The molecule has 0 radical (unpaired) electrons. The molecule has 3 N–H and O–H groups in total. The molecule has 9 nitrogen and oxygen atoms in total. The van der Waals surface area contributed by atoms with Gasteiger partial charge in [0.05, 0.1) is 15.6 Å². The summed E-state index contributed by atoms with van der Waals surface area (Å²) >= 11 is 12.6. The van der Waals surface area contributed by atoms with E-state index in [9.17, 15) is 19.2 Å². The van der Waals surface area contributed by atoms with Crippen LogP contribution in [0.2, 0.25) is 10.0 Å². The number of likely N-dealkylation sites (tertiary alicyclic amines) is 1. The molecule has 0 saturated carbocycles. The molecule has 0 bridgehead atoms. The Labute approximate surface area is 279 Å². The van der Waals surface area contributed by atoms with Crippen molar-refractivity contribution < 1.29 is 29.4 Å². The molecular weight excluding hydrogens is 629 g/mol. The highest BCUT2D eigenvalue weighted by Crippen LogP contribution is 2.34. The van der Waals surface area contributed by atoms with Crippen molar-refractivity contribution in [2.45, 2.75) is 37.6 Å². The quantitative estimate of drug-likeness (QED) is 0.212. The number of carbonyl (C=O) groups excluding carboxylic acids is 2. The average molecular weight is 669 g/mol. The smallest absolute Gasteiger partial charge is 0.328 e. The number of likely N-dealkylation sites (N-methyl/N-ethyl adjacent to an activating group) is 1. The molecule has 244 valence electrons.